The number of anilines is 2. The van der Waals surface area contributed by atoms with Crippen molar-refractivity contribution in [1.82, 2.24) is 10.2 Å². The van der Waals surface area contributed by atoms with E-state index in [0.29, 0.717) is 11.4 Å². The van der Waals surface area contributed by atoms with Gasteiger partial charge >= 0.3 is 0 Å². The van der Waals surface area contributed by atoms with Crippen LogP contribution in [0.3, 0.4) is 0 Å². The summed E-state index contributed by atoms with van der Waals surface area (Å²) in [6, 6.07) is 8.50. The summed E-state index contributed by atoms with van der Waals surface area (Å²) < 4.78 is 31.5. The number of aromatic nitrogens is 2. The van der Waals surface area contributed by atoms with Crippen molar-refractivity contribution in [3.05, 3.63) is 36.0 Å². The first-order valence-electron chi connectivity index (χ1n) is 6.51. The third kappa shape index (κ3) is 4.67. The van der Waals surface area contributed by atoms with E-state index < -0.39 is 10.0 Å². The molecular weight excluding hydrogens is 292 g/mol. The number of nitrogens with one attached hydrogen (secondary N) is 2. The Morgan fingerprint density at radius 3 is 2.86 bits per heavy atom. The predicted octanol–water partition coefficient (Wildman–Crippen LogP) is 1.38. The number of aryl methyl sites for hydroxylation is 1. The quantitative estimate of drug-likeness (QED) is 0.669. The summed E-state index contributed by atoms with van der Waals surface area (Å²) in [5.41, 5.74) is 7.04. The largest absolute Gasteiger partial charge is 0.492 e. The van der Waals surface area contributed by atoms with Crippen LogP contribution in [0.2, 0.25) is 0 Å². The van der Waals surface area contributed by atoms with E-state index in [0.717, 1.165) is 12.1 Å². The van der Waals surface area contributed by atoms with Gasteiger partial charge in [0.05, 0.1) is 0 Å². The molecule has 2 aromatic rings. The third-order valence-corrected chi connectivity index (χ3v) is 3.98. The first-order chi connectivity index (χ1) is 9.98. The Labute approximate surface area is 123 Å². The Morgan fingerprint density at radius 2 is 2.19 bits per heavy atom. The first-order valence-corrected chi connectivity index (χ1v) is 8.17. The Bertz CT molecular complexity index is 697. The van der Waals surface area contributed by atoms with Crippen LogP contribution in [0.1, 0.15) is 12.6 Å². The van der Waals surface area contributed by atoms with E-state index in [4.69, 9.17) is 10.5 Å². The number of nitrogens with two attached hydrogens (primary N) is 1. The van der Waals surface area contributed by atoms with Gasteiger partial charge in [0, 0.05) is 23.5 Å². The second kappa shape index (κ2) is 6.49. The number of hydrogen-bond acceptors (Lipinski definition) is 5. The molecule has 1 heterocycles. The van der Waals surface area contributed by atoms with Crippen molar-refractivity contribution in [2.24, 2.45) is 0 Å². The highest BCUT2D eigenvalue weighted by Gasteiger charge is 2.12. The highest BCUT2D eigenvalue weighted by atomic mass is 32.2. The van der Waals surface area contributed by atoms with E-state index in [-0.39, 0.29) is 18.2 Å². The van der Waals surface area contributed by atoms with Crippen molar-refractivity contribution in [3.63, 3.8) is 0 Å². The van der Waals surface area contributed by atoms with Crippen LogP contribution in [-0.4, -0.2) is 31.0 Å². The lowest BCUT2D eigenvalue weighted by atomic mass is 10.3. The minimum atomic E-state index is -3.50. The van der Waals surface area contributed by atoms with Crippen LogP contribution in [0.15, 0.2) is 30.3 Å². The number of nitrogen functional groups attached to an aromatic ring is 1. The maximum atomic E-state index is 11.9. The molecule has 0 bridgehead atoms. The van der Waals surface area contributed by atoms with E-state index in [1.807, 2.05) is 6.92 Å². The summed E-state index contributed by atoms with van der Waals surface area (Å²) in [6.45, 7) is 1.98. The van der Waals surface area contributed by atoms with Crippen molar-refractivity contribution >= 4 is 21.5 Å². The highest BCUT2D eigenvalue weighted by Crippen LogP contribution is 2.14. The molecule has 0 atom stereocenters. The average Bonchev–Trinajstić information content (AvgIpc) is 2.85. The third-order valence-electron chi connectivity index (χ3n) is 2.75. The number of sulfonamides is 1. The monoisotopic (exact) mass is 310 g/mol. The van der Waals surface area contributed by atoms with Crippen LogP contribution in [0.5, 0.6) is 5.75 Å². The SMILES string of the molecule is CCc1cc(NS(=O)(=O)CCOc2cccc(N)c2)n[nH]1. The van der Waals surface area contributed by atoms with Gasteiger partial charge in [0.1, 0.15) is 18.1 Å². The molecule has 8 heteroatoms. The zero-order valence-corrected chi connectivity index (χ0v) is 12.5. The summed E-state index contributed by atoms with van der Waals surface area (Å²) in [4.78, 5) is 0. The normalized spacial score (nSPS) is 11.3. The molecular formula is C13H18N4O3S. The lowest BCUT2D eigenvalue weighted by Gasteiger charge is -2.08. The van der Waals surface area contributed by atoms with E-state index in [2.05, 4.69) is 14.9 Å². The van der Waals surface area contributed by atoms with Gasteiger partial charge in [-0.2, -0.15) is 5.10 Å². The lowest BCUT2D eigenvalue weighted by molar-refractivity contribution is 0.341. The zero-order chi connectivity index (χ0) is 15.3. The number of aromatic amines is 1. The first kappa shape index (κ1) is 15.2. The minimum absolute atomic E-state index is 0.0316. The number of hydrogen-bond donors (Lipinski definition) is 3. The molecule has 2 rings (SSSR count). The molecule has 7 nitrogen and oxygen atoms in total. The van der Waals surface area contributed by atoms with Crippen molar-refractivity contribution in [2.45, 2.75) is 13.3 Å². The molecule has 0 unspecified atom stereocenters. The van der Waals surface area contributed by atoms with Gasteiger partial charge in [-0.25, -0.2) is 8.42 Å². The van der Waals surface area contributed by atoms with Gasteiger partial charge in [0.2, 0.25) is 10.0 Å². The number of benzene rings is 1. The molecule has 114 valence electrons. The summed E-state index contributed by atoms with van der Waals surface area (Å²) >= 11 is 0. The highest BCUT2D eigenvalue weighted by molar-refractivity contribution is 7.92. The van der Waals surface area contributed by atoms with Crippen LogP contribution >= 0.6 is 0 Å². The van der Waals surface area contributed by atoms with Gasteiger partial charge in [-0.15, -0.1) is 0 Å². The Balaban J connectivity index is 1.86. The Kier molecular flexibility index (Phi) is 4.69. The lowest BCUT2D eigenvalue weighted by Crippen LogP contribution is -2.21. The summed E-state index contributed by atoms with van der Waals surface area (Å²) in [5, 5.41) is 6.62. The molecule has 0 aliphatic carbocycles. The summed E-state index contributed by atoms with van der Waals surface area (Å²) in [7, 11) is -3.50. The van der Waals surface area contributed by atoms with Gasteiger partial charge in [0.25, 0.3) is 0 Å². The fourth-order valence-electron chi connectivity index (χ4n) is 1.68. The topological polar surface area (TPSA) is 110 Å². The van der Waals surface area contributed by atoms with Crippen molar-refractivity contribution < 1.29 is 13.2 Å². The van der Waals surface area contributed by atoms with Gasteiger partial charge < -0.3 is 10.5 Å². The molecule has 0 saturated heterocycles. The number of H-pyrrole nitrogens is 1. The summed E-state index contributed by atoms with van der Waals surface area (Å²) in [6.07, 6.45) is 0.757. The van der Waals surface area contributed by atoms with Gasteiger partial charge in [-0.3, -0.25) is 9.82 Å². The maximum Gasteiger partial charge on any atom is 0.237 e. The summed E-state index contributed by atoms with van der Waals surface area (Å²) in [5.74, 6) is 0.657. The molecule has 21 heavy (non-hydrogen) atoms. The van der Waals surface area contributed by atoms with Crippen LogP contribution in [-0.2, 0) is 16.4 Å². The van der Waals surface area contributed by atoms with E-state index in [1.165, 1.54) is 0 Å². The molecule has 0 radical (unpaired) electrons. The van der Waals surface area contributed by atoms with Gasteiger partial charge in [0.15, 0.2) is 5.82 Å². The van der Waals surface area contributed by atoms with Crippen LogP contribution < -0.4 is 15.2 Å². The molecule has 0 aliphatic rings. The van der Waals surface area contributed by atoms with Crippen molar-refractivity contribution in [2.75, 3.05) is 22.8 Å². The Hall–Kier alpha value is -2.22. The molecule has 0 amide bonds. The van der Waals surface area contributed by atoms with E-state index in [1.54, 1.807) is 30.3 Å². The fourth-order valence-corrected chi connectivity index (χ4v) is 2.51. The second-order valence-corrected chi connectivity index (χ2v) is 6.32. The van der Waals surface area contributed by atoms with Crippen molar-refractivity contribution in [3.8, 4) is 5.75 Å². The van der Waals surface area contributed by atoms with E-state index in [9.17, 15) is 8.42 Å². The molecule has 0 saturated carbocycles. The van der Waals surface area contributed by atoms with Crippen molar-refractivity contribution in [1.29, 1.82) is 0 Å². The minimum Gasteiger partial charge on any atom is -0.492 e. The number of nitrogens with zero attached hydrogens (tertiary/aromatic N) is 1. The predicted molar refractivity (Wildman–Crippen MR) is 81.7 cm³/mol. The standard InChI is InChI=1S/C13H18N4O3S/c1-2-11-9-13(16-15-11)17-21(18,19)7-6-20-12-5-3-4-10(14)8-12/h3-5,8-9H,2,6-7,14H2,1H3,(H2,15,16,17). The molecule has 0 spiro atoms. The van der Waals surface area contributed by atoms with Crippen LogP contribution in [0, 0.1) is 0 Å². The van der Waals surface area contributed by atoms with E-state index >= 15 is 0 Å². The zero-order valence-electron chi connectivity index (χ0n) is 11.7. The number of rotatable bonds is 7. The second-order valence-electron chi connectivity index (χ2n) is 4.47. The molecule has 0 aliphatic heterocycles. The molecule has 1 aromatic heterocycles. The molecule has 0 fully saturated rings. The van der Waals surface area contributed by atoms with Crippen LogP contribution in [0.4, 0.5) is 11.5 Å². The van der Waals surface area contributed by atoms with Gasteiger partial charge in [-0.1, -0.05) is 13.0 Å². The smallest absolute Gasteiger partial charge is 0.237 e. The molecule has 4 N–H and O–H groups in total. The van der Waals surface area contributed by atoms with Crippen LogP contribution in [0.25, 0.3) is 0 Å². The molecule has 1 aromatic carbocycles. The maximum absolute atomic E-state index is 11.9. The fraction of sp³-hybridized carbons (Fsp3) is 0.308. The Morgan fingerprint density at radius 1 is 1.38 bits per heavy atom. The average molecular weight is 310 g/mol. The van der Waals surface area contributed by atoms with Gasteiger partial charge in [-0.05, 0) is 18.6 Å². The number of ether oxygens (including phenoxy) is 1.